The first-order chi connectivity index (χ1) is 8.74. The van der Waals surface area contributed by atoms with Crippen molar-refractivity contribution in [1.82, 2.24) is 10.2 Å². The molecule has 2 heteroatoms. The highest BCUT2D eigenvalue weighted by molar-refractivity contribution is 5.30. The summed E-state index contributed by atoms with van der Waals surface area (Å²) < 4.78 is 0. The van der Waals surface area contributed by atoms with Crippen molar-refractivity contribution < 1.29 is 0 Å². The van der Waals surface area contributed by atoms with Gasteiger partial charge in [-0.2, -0.15) is 0 Å². The highest BCUT2D eigenvalue weighted by Gasteiger charge is 2.29. The molecule has 1 saturated carbocycles. The number of rotatable bonds is 5. The third-order valence-electron chi connectivity index (χ3n) is 4.30. The van der Waals surface area contributed by atoms with E-state index < -0.39 is 0 Å². The molecule has 1 aromatic carbocycles. The van der Waals surface area contributed by atoms with Crippen LogP contribution in [0, 0.1) is 5.92 Å². The van der Waals surface area contributed by atoms with Gasteiger partial charge in [0.15, 0.2) is 0 Å². The van der Waals surface area contributed by atoms with Crippen molar-refractivity contribution in [3.05, 3.63) is 35.4 Å². The van der Waals surface area contributed by atoms with Crippen LogP contribution in [0.25, 0.3) is 0 Å². The van der Waals surface area contributed by atoms with E-state index in [0.29, 0.717) is 12.0 Å². The Morgan fingerprint density at radius 1 is 1.17 bits per heavy atom. The lowest BCUT2D eigenvalue weighted by atomic mass is 10.0. The van der Waals surface area contributed by atoms with Crippen LogP contribution in [0.1, 0.15) is 37.8 Å². The lowest BCUT2D eigenvalue weighted by Crippen LogP contribution is -2.43. The molecule has 1 N–H and O–H groups in total. The van der Waals surface area contributed by atoms with E-state index in [1.54, 1.807) is 0 Å². The Labute approximate surface area is 110 Å². The van der Waals surface area contributed by atoms with Crippen LogP contribution in [0.2, 0.25) is 0 Å². The standard InChI is InChI=1S/C16H24N2/c1-12(2)16(9-17-15-7-8-15)18-10-13-5-3-4-6-14(13)11-18/h3-6,12,15-17H,7-11H2,1-2H3. The SMILES string of the molecule is CC(C)C(CNC1CC1)N1Cc2ccccc2C1. The van der Waals surface area contributed by atoms with Crippen LogP contribution in [-0.4, -0.2) is 23.5 Å². The number of fused-ring (bicyclic) bond motifs is 1. The van der Waals surface area contributed by atoms with Crippen molar-refractivity contribution in [3.63, 3.8) is 0 Å². The van der Waals surface area contributed by atoms with E-state index in [2.05, 4.69) is 48.3 Å². The molecule has 18 heavy (non-hydrogen) atoms. The maximum Gasteiger partial charge on any atom is 0.0250 e. The molecule has 1 fully saturated rings. The summed E-state index contributed by atoms with van der Waals surface area (Å²) in [5.41, 5.74) is 3.05. The van der Waals surface area contributed by atoms with Gasteiger partial charge in [-0.1, -0.05) is 38.1 Å². The molecule has 1 atom stereocenters. The average molecular weight is 244 g/mol. The smallest absolute Gasteiger partial charge is 0.0250 e. The van der Waals surface area contributed by atoms with Crippen LogP contribution in [0.5, 0.6) is 0 Å². The van der Waals surface area contributed by atoms with Crippen molar-refractivity contribution in [2.45, 2.75) is 51.9 Å². The highest BCUT2D eigenvalue weighted by atomic mass is 15.2. The number of hydrogen-bond donors (Lipinski definition) is 1. The van der Waals surface area contributed by atoms with Gasteiger partial charge in [0.25, 0.3) is 0 Å². The normalized spacial score (nSPS) is 21.3. The molecule has 0 bridgehead atoms. The molecular formula is C16H24N2. The Morgan fingerprint density at radius 3 is 2.28 bits per heavy atom. The Balaban J connectivity index is 1.65. The average Bonchev–Trinajstić information content (AvgIpc) is 3.07. The Kier molecular flexibility index (Phi) is 3.40. The van der Waals surface area contributed by atoms with Crippen LogP contribution >= 0.6 is 0 Å². The second kappa shape index (κ2) is 5.02. The second-order valence-electron chi connectivity index (χ2n) is 6.17. The van der Waals surface area contributed by atoms with Gasteiger partial charge in [-0.3, -0.25) is 4.90 Å². The fourth-order valence-corrected chi connectivity index (χ4v) is 2.96. The monoisotopic (exact) mass is 244 g/mol. The summed E-state index contributed by atoms with van der Waals surface area (Å²) >= 11 is 0. The molecule has 1 heterocycles. The quantitative estimate of drug-likeness (QED) is 0.857. The first-order valence-electron chi connectivity index (χ1n) is 7.28. The van der Waals surface area contributed by atoms with Gasteiger partial charge in [0.1, 0.15) is 0 Å². The molecule has 0 amide bonds. The van der Waals surface area contributed by atoms with E-state index in [1.807, 2.05) is 0 Å². The van der Waals surface area contributed by atoms with Gasteiger partial charge >= 0.3 is 0 Å². The zero-order valence-electron chi connectivity index (χ0n) is 11.5. The van der Waals surface area contributed by atoms with E-state index >= 15 is 0 Å². The van der Waals surface area contributed by atoms with Crippen LogP contribution in [0.15, 0.2) is 24.3 Å². The lowest BCUT2D eigenvalue weighted by Gasteiger charge is -2.31. The van der Waals surface area contributed by atoms with Gasteiger partial charge in [0, 0.05) is 31.7 Å². The van der Waals surface area contributed by atoms with Gasteiger partial charge in [-0.25, -0.2) is 0 Å². The number of nitrogens with zero attached hydrogens (tertiary/aromatic N) is 1. The van der Waals surface area contributed by atoms with Crippen molar-refractivity contribution in [2.24, 2.45) is 5.92 Å². The molecule has 0 radical (unpaired) electrons. The molecule has 2 nitrogen and oxygen atoms in total. The van der Waals surface area contributed by atoms with E-state index in [4.69, 9.17) is 0 Å². The lowest BCUT2D eigenvalue weighted by molar-refractivity contribution is 0.151. The number of nitrogens with one attached hydrogen (secondary N) is 1. The molecular weight excluding hydrogens is 220 g/mol. The summed E-state index contributed by atoms with van der Waals surface area (Å²) in [6.45, 7) is 8.11. The van der Waals surface area contributed by atoms with Crippen LogP contribution in [0.4, 0.5) is 0 Å². The largest absolute Gasteiger partial charge is 0.312 e. The van der Waals surface area contributed by atoms with Crippen molar-refractivity contribution in [3.8, 4) is 0 Å². The third-order valence-corrected chi connectivity index (χ3v) is 4.30. The molecule has 0 spiro atoms. The molecule has 1 aromatic rings. The fraction of sp³-hybridized carbons (Fsp3) is 0.625. The van der Waals surface area contributed by atoms with Gasteiger partial charge in [-0.05, 0) is 29.9 Å². The topological polar surface area (TPSA) is 15.3 Å². The van der Waals surface area contributed by atoms with E-state index in [9.17, 15) is 0 Å². The maximum atomic E-state index is 3.70. The second-order valence-corrected chi connectivity index (χ2v) is 6.17. The van der Waals surface area contributed by atoms with E-state index in [0.717, 1.165) is 25.7 Å². The van der Waals surface area contributed by atoms with Crippen LogP contribution in [-0.2, 0) is 13.1 Å². The number of hydrogen-bond acceptors (Lipinski definition) is 2. The fourth-order valence-electron chi connectivity index (χ4n) is 2.96. The predicted molar refractivity (Wildman–Crippen MR) is 75.3 cm³/mol. The Morgan fingerprint density at radius 2 is 1.78 bits per heavy atom. The molecule has 0 aromatic heterocycles. The van der Waals surface area contributed by atoms with Crippen LogP contribution < -0.4 is 5.32 Å². The van der Waals surface area contributed by atoms with E-state index in [1.165, 1.54) is 24.0 Å². The first kappa shape index (κ1) is 12.2. The minimum atomic E-state index is 0.665. The minimum absolute atomic E-state index is 0.665. The van der Waals surface area contributed by atoms with Gasteiger partial charge in [-0.15, -0.1) is 0 Å². The van der Waals surface area contributed by atoms with Crippen molar-refractivity contribution >= 4 is 0 Å². The third kappa shape index (κ3) is 2.60. The van der Waals surface area contributed by atoms with Gasteiger partial charge < -0.3 is 5.32 Å². The first-order valence-corrected chi connectivity index (χ1v) is 7.28. The summed E-state index contributed by atoms with van der Waals surface area (Å²) in [6, 6.07) is 10.4. The molecule has 0 saturated heterocycles. The molecule has 1 unspecified atom stereocenters. The summed E-state index contributed by atoms with van der Waals surface area (Å²) in [7, 11) is 0. The highest BCUT2D eigenvalue weighted by Crippen LogP contribution is 2.27. The van der Waals surface area contributed by atoms with Crippen molar-refractivity contribution in [2.75, 3.05) is 6.54 Å². The molecule has 3 rings (SSSR count). The predicted octanol–water partition coefficient (Wildman–Crippen LogP) is 2.78. The van der Waals surface area contributed by atoms with Gasteiger partial charge in [0.05, 0.1) is 0 Å². The minimum Gasteiger partial charge on any atom is -0.312 e. The molecule has 2 aliphatic rings. The summed E-state index contributed by atoms with van der Waals surface area (Å²) in [4.78, 5) is 2.64. The Hall–Kier alpha value is -0.860. The maximum absolute atomic E-state index is 3.70. The van der Waals surface area contributed by atoms with Crippen LogP contribution in [0.3, 0.4) is 0 Å². The Bertz CT molecular complexity index is 384. The summed E-state index contributed by atoms with van der Waals surface area (Å²) in [5.74, 6) is 0.713. The summed E-state index contributed by atoms with van der Waals surface area (Å²) in [6.07, 6.45) is 2.76. The van der Waals surface area contributed by atoms with E-state index in [-0.39, 0.29) is 0 Å². The molecule has 1 aliphatic heterocycles. The van der Waals surface area contributed by atoms with Crippen molar-refractivity contribution in [1.29, 1.82) is 0 Å². The molecule has 1 aliphatic carbocycles. The van der Waals surface area contributed by atoms with Gasteiger partial charge in [0.2, 0.25) is 0 Å². The molecule has 98 valence electrons. The zero-order valence-corrected chi connectivity index (χ0v) is 11.5. The number of benzene rings is 1. The zero-order chi connectivity index (χ0) is 12.5. The summed E-state index contributed by atoms with van der Waals surface area (Å²) in [5, 5.41) is 3.70.